The maximum atomic E-state index is 5.76. The average molecular weight is 245 g/mol. The molecule has 0 aliphatic carbocycles. The van der Waals surface area contributed by atoms with E-state index in [0.29, 0.717) is 0 Å². The fourth-order valence-electron chi connectivity index (χ4n) is 2.04. The molecule has 0 bridgehead atoms. The molecule has 1 N–H and O–H groups in total. The predicted molar refractivity (Wildman–Crippen MR) is 73.9 cm³/mol. The summed E-state index contributed by atoms with van der Waals surface area (Å²) in [6, 6.07) is 12.7. The Hall–Kier alpha value is -1.58. The molecule has 0 saturated carbocycles. The van der Waals surface area contributed by atoms with Crippen molar-refractivity contribution in [1.82, 2.24) is 5.32 Å². The first kappa shape index (κ1) is 12.9. The van der Waals surface area contributed by atoms with Crippen LogP contribution in [0, 0.1) is 0 Å². The minimum Gasteiger partial charge on any atom is -0.467 e. The van der Waals surface area contributed by atoms with E-state index in [9.17, 15) is 0 Å². The van der Waals surface area contributed by atoms with Crippen molar-refractivity contribution in [2.75, 3.05) is 21.0 Å². The molecule has 1 atom stereocenters. The van der Waals surface area contributed by atoms with Crippen LogP contribution in [0.2, 0.25) is 0 Å². The molecule has 3 heteroatoms. The molecule has 0 aliphatic heterocycles. The highest BCUT2D eigenvalue weighted by atomic mass is 16.7. The van der Waals surface area contributed by atoms with Crippen molar-refractivity contribution in [3.63, 3.8) is 0 Å². The van der Waals surface area contributed by atoms with Gasteiger partial charge >= 0.3 is 0 Å². The minimum absolute atomic E-state index is 0.237. The van der Waals surface area contributed by atoms with E-state index in [2.05, 4.69) is 36.5 Å². The number of ether oxygens (including phenoxy) is 2. The van der Waals surface area contributed by atoms with Crippen molar-refractivity contribution in [3.05, 3.63) is 42.0 Å². The highest BCUT2D eigenvalue weighted by molar-refractivity contribution is 5.89. The summed E-state index contributed by atoms with van der Waals surface area (Å²) >= 11 is 0. The SMILES string of the molecule is CNC(C)c1ccc2ccccc2c1OCOC. The van der Waals surface area contributed by atoms with Gasteiger partial charge in [0.25, 0.3) is 0 Å². The molecule has 0 fully saturated rings. The second-order valence-corrected chi connectivity index (χ2v) is 4.27. The van der Waals surface area contributed by atoms with E-state index in [1.54, 1.807) is 7.11 Å². The molecule has 0 aliphatic rings. The second-order valence-electron chi connectivity index (χ2n) is 4.27. The number of hydrogen-bond acceptors (Lipinski definition) is 3. The Bertz CT molecular complexity index is 525. The van der Waals surface area contributed by atoms with E-state index in [1.807, 2.05) is 19.2 Å². The largest absolute Gasteiger partial charge is 0.467 e. The number of nitrogens with one attached hydrogen (secondary N) is 1. The van der Waals surface area contributed by atoms with Gasteiger partial charge in [-0.15, -0.1) is 0 Å². The van der Waals surface area contributed by atoms with Gasteiger partial charge in [-0.25, -0.2) is 0 Å². The van der Waals surface area contributed by atoms with Crippen LogP contribution in [-0.4, -0.2) is 21.0 Å². The molecule has 1 unspecified atom stereocenters. The topological polar surface area (TPSA) is 30.5 Å². The number of fused-ring (bicyclic) bond motifs is 1. The van der Waals surface area contributed by atoms with Crippen LogP contribution in [-0.2, 0) is 4.74 Å². The Labute approximate surface area is 108 Å². The molecule has 0 heterocycles. The van der Waals surface area contributed by atoms with E-state index in [0.717, 1.165) is 16.7 Å². The molecular formula is C15H19NO2. The van der Waals surface area contributed by atoms with Gasteiger partial charge in [0.05, 0.1) is 0 Å². The van der Waals surface area contributed by atoms with Gasteiger partial charge in [0.15, 0.2) is 6.79 Å². The summed E-state index contributed by atoms with van der Waals surface area (Å²) in [6.07, 6.45) is 0. The Morgan fingerprint density at radius 3 is 2.67 bits per heavy atom. The summed E-state index contributed by atoms with van der Waals surface area (Å²) in [5, 5.41) is 5.54. The third-order valence-corrected chi connectivity index (χ3v) is 3.13. The Balaban J connectivity index is 2.55. The number of hydrogen-bond donors (Lipinski definition) is 1. The maximum absolute atomic E-state index is 5.76. The summed E-state index contributed by atoms with van der Waals surface area (Å²) in [5.74, 6) is 0.900. The standard InChI is InChI=1S/C15H19NO2/c1-11(16-2)13-9-8-12-6-4-5-7-14(12)15(13)18-10-17-3/h4-9,11,16H,10H2,1-3H3. The van der Waals surface area contributed by atoms with Gasteiger partial charge in [-0.3, -0.25) is 0 Å². The normalized spacial score (nSPS) is 12.6. The molecule has 0 aromatic heterocycles. The fourth-order valence-corrected chi connectivity index (χ4v) is 2.04. The van der Waals surface area contributed by atoms with Crippen molar-refractivity contribution in [3.8, 4) is 5.75 Å². The summed E-state index contributed by atoms with van der Waals surface area (Å²) in [6.45, 7) is 2.38. The van der Waals surface area contributed by atoms with Crippen LogP contribution in [0.4, 0.5) is 0 Å². The average Bonchev–Trinajstić information content (AvgIpc) is 2.43. The van der Waals surface area contributed by atoms with Crippen molar-refractivity contribution in [2.45, 2.75) is 13.0 Å². The first-order valence-electron chi connectivity index (χ1n) is 6.08. The van der Waals surface area contributed by atoms with Crippen molar-refractivity contribution >= 4 is 10.8 Å². The number of rotatable bonds is 5. The van der Waals surface area contributed by atoms with Crippen molar-refractivity contribution in [2.24, 2.45) is 0 Å². The van der Waals surface area contributed by atoms with Crippen LogP contribution >= 0.6 is 0 Å². The molecule has 2 aromatic rings. The number of benzene rings is 2. The van der Waals surface area contributed by atoms with Crippen LogP contribution < -0.4 is 10.1 Å². The molecule has 96 valence electrons. The number of methoxy groups -OCH3 is 1. The lowest BCUT2D eigenvalue weighted by Gasteiger charge is -2.18. The van der Waals surface area contributed by atoms with Crippen LogP contribution in [0.1, 0.15) is 18.5 Å². The smallest absolute Gasteiger partial charge is 0.188 e. The summed E-state index contributed by atoms with van der Waals surface area (Å²) in [5.41, 5.74) is 1.15. The minimum atomic E-state index is 0.237. The Morgan fingerprint density at radius 2 is 1.94 bits per heavy atom. The molecule has 2 rings (SSSR count). The molecule has 3 nitrogen and oxygen atoms in total. The van der Waals surface area contributed by atoms with E-state index < -0.39 is 0 Å². The molecule has 0 spiro atoms. The maximum Gasteiger partial charge on any atom is 0.188 e. The molecule has 18 heavy (non-hydrogen) atoms. The van der Waals surface area contributed by atoms with Crippen LogP contribution in [0.5, 0.6) is 5.75 Å². The van der Waals surface area contributed by atoms with Gasteiger partial charge in [0.2, 0.25) is 0 Å². The molecular weight excluding hydrogens is 226 g/mol. The summed E-state index contributed by atoms with van der Waals surface area (Å²) < 4.78 is 10.8. The van der Waals surface area contributed by atoms with Gasteiger partial charge in [-0.2, -0.15) is 0 Å². The molecule has 2 aromatic carbocycles. The Kier molecular flexibility index (Phi) is 4.18. The fraction of sp³-hybridized carbons (Fsp3) is 0.333. The van der Waals surface area contributed by atoms with E-state index >= 15 is 0 Å². The zero-order chi connectivity index (χ0) is 13.0. The lowest BCUT2D eigenvalue weighted by atomic mass is 10.0. The highest BCUT2D eigenvalue weighted by Crippen LogP contribution is 2.33. The first-order valence-corrected chi connectivity index (χ1v) is 6.08. The lowest BCUT2D eigenvalue weighted by Crippen LogP contribution is -2.14. The third-order valence-electron chi connectivity index (χ3n) is 3.13. The monoisotopic (exact) mass is 245 g/mol. The third kappa shape index (κ3) is 2.47. The van der Waals surface area contributed by atoms with E-state index in [1.165, 1.54) is 5.39 Å². The van der Waals surface area contributed by atoms with Crippen molar-refractivity contribution < 1.29 is 9.47 Å². The molecule has 0 radical (unpaired) electrons. The van der Waals surface area contributed by atoms with Gasteiger partial charge in [-0.1, -0.05) is 36.4 Å². The van der Waals surface area contributed by atoms with E-state index in [-0.39, 0.29) is 12.8 Å². The van der Waals surface area contributed by atoms with Gasteiger partial charge in [0, 0.05) is 24.1 Å². The van der Waals surface area contributed by atoms with Crippen LogP contribution in [0.15, 0.2) is 36.4 Å². The zero-order valence-corrected chi connectivity index (χ0v) is 11.1. The van der Waals surface area contributed by atoms with Crippen LogP contribution in [0.3, 0.4) is 0 Å². The second kappa shape index (κ2) is 5.85. The first-order chi connectivity index (χ1) is 8.77. The predicted octanol–water partition coefficient (Wildman–Crippen LogP) is 3.10. The Morgan fingerprint density at radius 1 is 1.17 bits per heavy atom. The summed E-state index contributed by atoms with van der Waals surface area (Å²) in [7, 11) is 3.58. The molecule has 0 saturated heterocycles. The summed E-state index contributed by atoms with van der Waals surface area (Å²) in [4.78, 5) is 0. The highest BCUT2D eigenvalue weighted by Gasteiger charge is 2.13. The quantitative estimate of drug-likeness (QED) is 0.821. The lowest BCUT2D eigenvalue weighted by molar-refractivity contribution is 0.0512. The van der Waals surface area contributed by atoms with Crippen LogP contribution in [0.25, 0.3) is 10.8 Å². The molecule has 0 amide bonds. The zero-order valence-electron chi connectivity index (χ0n) is 11.1. The van der Waals surface area contributed by atoms with Crippen molar-refractivity contribution in [1.29, 1.82) is 0 Å². The van der Waals surface area contributed by atoms with Gasteiger partial charge in [-0.05, 0) is 19.4 Å². The van der Waals surface area contributed by atoms with Gasteiger partial charge < -0.3 is 14.8 Å². The van der Waals surface area contributed by atoms with Gasteiger partial charge in [0.1, 0.15) is 5.75 Å². The van der Waals surface area contributed by atoms with E-state index in [4.69, 9.17) is 9.47 Å².